The molecule has 0 aliphatic carbocycles. The van der Waals surface area contributed by atoms with E-state index in [1.807, 2.05) is 14.0 Å². The zero-order valence-corrected chi connectivity index (χ0v) is 12.3. The number of piperazine rings is 1. The van der Waals surface area contributed by atoms with E-state index in [0.717, 1.165) is 13.1 Å². The molecule has 1 atom stereocenters. The predicted molar refractivity (Wildman–Crippen MR) is 78.4 cm³/mol. The predicted octanol–water partition coefficient (Wildman–Crippen LogP) is 0.946. The molecule has 1 amide bonds. The number of nitrogens with zero attached hydrogens (tertiary/aromatic N) is 2. The fraction of sp³-hybridized carbons (Fsp3) is 0.438. The number of hydrogen-bond donors (Lipinski definition) is 1. The molecule has 1 aromatic rings. The van der Waals surface area contributed by atoms with Crippen molar-refractivity contribution in [3.63, 3.8) is 0 Å². The number of hydrogen-bond acceptors (Lipinski definition) is 3. The van der Waals surface area contributed by atoms with Crippen LogP contribution in [0.3, 0.4) is 0 Å². The van der Waals surface area contributed by atoms with Crippen LogP contribution in [0.25, 0.3) is 0 Å². The number of aliphatic hydroxyl groups is 1. The molecule has 1 saturated heterocycles. The van der Waals surface area contributed by atoms with Gasteiger partial charge in [-0.15, -0.1) is 0 Å². The van der Waals surface area contributed by atoms with E-state index < -0.39 is 5.82 Å². The van der Waals surface area contributed by atoms with Gasteiger partial charge in [0.25, 0.3) is 5.91 Å². The molecule has 0 bridgehead atoms. The van der Waals surface area contributed by atoms with Gasteiger partial charge < -0.3 is 14.9 Å². The van der Waals surface area contributed by atoms with E-state index in [4.69, 9.17) is 5.11 Å². The summed E-state index contributed by atoms with van der Waals surface area (Å²) in [5, 5.41) is 8.63. The summed E-state index contributed by atoms with van der Waals surface area (Å²) in [4.78, 5) is 16.3. The van der Waals surface area contributed by atoms with Crippen molar-refractivity contribution in [2.75, 3.05) is 33.3 Å². The van der Waals surface area contributed by atoms with Crippen molar-refractivity contribution in [3.8, 4) is 11.8 Å². The molecular weight excluding hydrogens is 271 g/mol. The van der Waals surface area contributed by atoms with Crippen molar-refractivity contribution in [2.24, 2.45) is 0 Å². The topological polar surface area (TPSA) is 43.8 Å². The zero-order chi connectivity index (χ0) is 15.4. The third kappa shape index (κ3) is 3.60. The molecule has 2 rings (SSSR count). The van der Waals surface area contributed by atoms with Gasteiger partial charge in [-0.05, 0) is 32.2 Å². The molecule has 4 nitrogen and oxygen atoms in total. The van der Waals surface area contributed by atoms with Gasteiger partial charge in [-0.3, -0.25) is 4.79 Å². The smallest absolute Gasteiger partial charge is 0.257 e. The Hall–Kier alpha value is -1.90. The molecule has 1 fully saturated rings. The third-order valence-corrected chi connectivity index (χ3v) is 3.60. The van der Waals surface area contributed by atoms with Crippen LogP contribution in [0.1, 0.15) is 22.8 Å². The highest BCUT2D eigenvalue weighted by atomic mass is 19.1. The van der Waals surface area contributed by atoms with Gasteiger partial charge in [-0.1, -0.05) is 11.8 Å². The van der Waals surface area contributed by atoms with Crippen molar-refractivity contribution >= 4 is 5.91 Å². The molecular formula is C16H19FN2O2. The summed E-state index contributed by atoms with van der Waals surface area (Å²) in [5.41, 5.74) is 0.519. The molecule has 0 radical (unpaired) electrons. The van der Waals surface area contributed by atoms with Gasteiger partial charge >= 0.3 is 0 Å². The summed E-state index contributed by atoms with van der Waals surface area (Å²) in [6.45, 7) is 3.86. The molecule has 112 valence electrons. The van der Waals surface area contributed by atoms with Crippen LogP contribution < -0.4 is 0 Å². The standard InChI is InChI=1S/C16H19FN2O2/c1-12-11-18(2)7-8-19(12)16(21)14-6-5-13(4-3-9-20)10-15(14)17/h5-6,10,12,20H,7-9,11H2,1-2H3. The quantitative estimate of drug-likeness (QED) is 0.783. The van der Waals surface area contributed by atoms with Gasteiger partial charge in [0.1, 0.15) is 12.4 Å². The third-order valence-electron chi connectivity index (χ3n) is 3.60. The summed E-state index contributed by atoms with van der Waals surface area (Å²) in [5.74, 6) is 4.22. The molecule has 1 unspecified atom stereocenters. The molecule has 1 aromatic carbocycles. The lowest BCUT2D eigenvalue weighted by Gasteiger charge is -2.38. The molecule has 0 saturated carbocycles. The maximum atomic E-state index is 14.1. The van der Waals surface area contributed by atoms with Crippen LogP contribution in [0.15, 0.2) is 18.2 Å². The van der Waals surface area contributed by atoms with Gasteiger partial charge in [0.2, 0.25) is 0 Å². The highest BCUT2D eigenvalue weighted by Crippen LogP contribution is 2.16. The Morgan fingerprint density at radius 1 is 1.48 bits per heavy atom. The first-order valence-corrected chi connectivity index (χ1v) is 6.91. The van der Waals surface area contributed by atoms with Crippen LogP contribution in [0.4, 0.5) is 4.39 Å². The average molecular weight is 290 g/mol. The molecule has 21 heavy (non-hydrogen) atoms. The van der Waals surface area contributed by atoms with E-state index >= 15 is 0 Å². The normalized spacial score (nSPS) is 19.0. The van der Waals surface area contributed by atoms with Crippen LogP contribution in [0, 0.1) is 17.7 Å². The molecule has 0 spiro atoms. The lowest BCUT2D eigenvalue weighted by Crippen LogP contribution is -2.52. The number of aliphatic hydroxyl groups excluding tert-OH is 1. The second-order valence-electron chi connectivity index (χ2n) is 5.26. The largest absolute Gasteiger partial charge is 0.384 e. The number of likely N-dealkylation sites (N-methyl/N-ethyl adjacent to an activating group) is 1. The number of carbonyl (C=O) groups is 1. The van der Waals surface area contributed by atoms with Gasteiger partial charge in [-0.2, -0.15) is 0 Å². The molecule has 1 N–H and O–H groups in total. The van der Waals surface area contributed by atoms with Crippen molar-refractivity contribution in [1.82, 2.24) is 9.80 Å². The zero-order valence-electron chi connectivity index (χ0n) is 12.3. The van der Waals surface area contributed by atoms with E-state index in [1.54, 1.807) is 11.0 Å². The molecule has 5 heteroatoms. The number of amides is 1. The van der Waals surface area contributed by atoms with E-state index in [0.29, 0.717) is 12.1 Å². The lowest BCUT2D eigenvalue weighted by atomic mass is 10.1. The average Bonchev–Trinajstić information content (AvgIpc) is 2.44. The number of halogens is 1. The molecule has 1 heterocycles. The van der Waals surface area contributed by atoms with Gasteiger partial charge in [0.15, 0.2) is 0 Å². The fourth-order valence-corrected chi connectivity index (χ4v) is 2.50. The summed E-state index contributed by atoms with van der Waals surface area (Å²) in [6.07, 6.45) is 0. The highest BCUT2D eigenvalue weighted by Gasteiger charge is 2.27. The maximum Gasteiger partial charge on any atom is 0.257 e. The van der Waals surface area contributed by atoms with Crippen molar-refractivity contribution < 1.29 is 14.3 Å². The first kappa shape index (κ1) is 15.5. The number of carbonyl (C=O) groups excluding carboxylic acids is 1. The first-order valence-electron chi connectivity index (χ1n) is 6.91. The minimum Gasteiger partial charge on any atom is -0.384 e. The lowest BCUT2D eigenvalue weighted by molar-refractivity contribution is 0.0529. The summed E-state index contributed by atoms with van der Waals surface area (Å²) in [6, 6.07) is 4.35. The van der Waals surface area contributed by atoms with E-state index in [-0.39, 0.29) is 24.1 Å². The minimum atomic E-state index is -0.573. The molecule has 1 aliphatic heterocycles. The number of rotatable bonds is 1. The Kier molecular flexibility index (Phi) is 4.94. The summed E-state index contributed by atoms with van der Waals surface area (Å²) in [7, 11) is 2.01. The first-order chi connectivity index (χ1) is 10.0. The Balaban J connectivity index is 2.19. The Morgan fingerprint density at radius 3 is 2.86 bits per heavy atom. The van der Waals surface area contributed by atoms with Gasteiger partial charge in [0.05, 0.1) is 5.56 Å². The van der Waals surface area contributed by atoms with Crippen LogP contribution in [-0.2, 0) is 0 Å². The molecule has 0 aromatic heterocycles. The summed E-state index contributed by atoms with van der Waals surface area (Å²) >= 11 is 0. The van der Waals surface area contributed by atoms with Gasteiger partial charge in [-0.25, -0.2) is 4.39 Å². The van der Waals surface area contributed by atoms with E-state index in [9.17, 15) is 9.18 Å². The van der Waals surface area contributed by atoms with Crippen molar-refractivity contribution in [3.05, 3.63) is 35.1 Å². The minimum absolute atomic E-state index is 0.0597. The number of benzene rings is 1. The van der Waals surface area contributed by atoms with Crippen molar-refractivity contribution in [1.29, 1.82) is 0 Å². The maximum absolute atomic E-state index is 14.1. The Bertz CT molecular complexity index is 592. The Labute approximate surface area is 124 Å². The Morgan fingerprint density at radius 2 is 2.24 bits per heavy atom. The SMILES string of the molecule is CC1CN(C)CCN1C(=O)c1ccc(C#CCO)cc1F. The fourth-order valence-electron chi connectivity index (χ4n) is 2.50. The summed E-state index contributed by atoms with van der Waals surface area (Å²) < 4.78 is 14.1. The van der Waals surface area contributed by atoms with Crippen molar-refractivity contribution in [2.45, 2.75) is 13.0 Å². The van der Waals surface area contributed by atoms with Crippen LogP contribution in [-0.4, -0.2) is 60.1 Å². The van der Waals surface area contributed by atoms with Gasteiger partial charge in [0, 0.05) is 31.2 Å². The second kappa shape index (κ2) is 6.70. The monoisotopic (exact) mass is 290 g/mol. The van der Waals surface area contributed by atoms with Crippen LogP contribution in [0.5, 0.6) is 0 Å². The van der Waals surface area contributed by atoms with Crippen LogP contribution in [0.2, 0.25) is 0 Å². The van der Waals surface area contributed by atoms with Crippen LogP contribution >= 0.6 is 0 Å². The van der Waals surface area contributed by atoms with E-state index in [1.165, 1.54) is 12.1 Å². The highest BCUT2D eigenvalue weighted by molar-refractivity contribution is 5.95. The second-order valence-corrected chi connectivity index (χ2v) is 5.26. The molecule has 1 aliphatic rings. The van der Waals surface area contributed by atoms with E-state index in [2.05, 4.69) is 16.7 Å².